The van der Waals surface area contributed by atoms with Gasteiger partial charge in [-0.15, -0.1) is 0 Å². The summed E-state index contributed by atoms with van der Waals surface area (Å²) in [6, 6.07) is 3.19. The molecule has 10 nitrogen and oxygen atoms in total. The molecule has 0 saturated carbocycles. The number of rotatable bonds is 8. The van der Waals surface area contributed by atoms with Gasteiger partial charge in [0.1, 0.15) is 30.0 Å². The van der Waals surface area contributed by atoms with Crippen molar-refractivity contribution in [2.75, 3.05) is 6.61 Å². The number of carbonyl (C=O) groups is 2. The Morgan fingerprint density at radius 3 is 2.48 bits per heavy atom. The first-order chi connectivity index (χ1) is 14.0. The molecule has 1 saturated heterocycles. The number of carboxylic acids is 1. The first kappa shape index (κ1) is 27.7. The summed E-state index contributed by atoms with van der Waals surface area (Å²) in [5, 5.41) is 53.7. The summed E-state index contributed by atoms with van der Waals surface area (Å²) in [5.74, 6) is -6.15. The van der Waals surface area contributed by atoms with Crippen molar-refractivity contribution in [2.45, 2.75) is 56.0 Å². The zero-order valence-electron chi connectivity index (χ0n) is 16.8. The standard InChI is InChI=1S/C18H23F2NO9.Na/c1-8(23)21-13-10(24)6-18(17(27)28,30-15(13)14(26)11(25)7-22)29-12-5-3-2-4-9(12)16(19)20;/h2-5,10-11,13-16,22,24-26H,6-7H2,1H3,(H,21,23)(H,27,28);/q;+1/p-1/t10?,11-,13?,14-,15?,18?;/m1./s1. The van der Waals surface area contributed by atoms with Crippen molar-refractivity contribution < 1.29 is 82.9 Å². The maximum Gasteiger partial charge on any atom is 1.00 e. The predicted molar refractivity (Wildman–Crippen MR) is 92.0 cm³/mol. The van der Waals surface area contributed by atoms with Crippen LogP contribution in [0.5, 0.6) is 5.75 Å². The average molecular weight is 457 g/mol. The molecule has 0 aliphatic carbocycles. The summed E-state index contributed by atoms with van der Waals surface area (Å²) < 4.78 is 37.1. The fraction of sp³-hybridized carbons (Fsp3) is 0.556. The van der Waals surface area contributed by atoms with E-state index in [2.05, 4.69) is 5.32 Å². The molecule has 2 rings (SSSR count). The Morgan fingerprint density at radius 1 is 1.35 bits per heavy atom. The zero-order chi connectivity index (χ0) is 22.6. The van der Waals surface area contributed by atoms with Crippen molar-refractivity contribution in [3.05, 3.63) is 29.8 Å². The number of hydrogen-bond acceptors (Lipinski definition) is 9. The second-order valence-electron chi connectivity index (χ2n) is 6.80. The van der Waals surface area contributed by atoms with E-state index in [9.17, 15) is 38.8 Å². The third kappa shape index (κ3) is 6.33. The number of alkyl halides is 2. The van der Waals surface area contributed by atoms with Gasteiger partial charge in [-0.2, -0.15) is 0 Å². The number of ether oxygens (including phenoxy) is 2. The number of aliphatic carboxylic acids is 1. The number of benzene rings is 1. The summed E-state index contributed by atoms with van der Waals surface area (Å²) in [7, 11) is 0. The van der Waals surface area contributed by atoms with Gasteiger partial charge in [0.15, 0.2) is 0 Å². The molecule has 1 aromatic rings. The quantitative estimate of drug-likeness (QED) is 0.240. The van der Waals surface area contributed by atoms with Crippen LogP contribution in [0.1, 0.15) is 25.3 Å². The van der Waals surface area contributed by atoms with Crippen LogP contribution in [0, 0.1) is 0 Å². The Kier molecular flexibility index (Phi) is 10.2. The summed E-state index contributed by atoms with van der Waals surface area (Å²) in [6.07, 6.45) is -11.3. The summed E-state index contributed by atoms with van der Waals surface area (Å²) in [4.78, 5) is 23.4. The normalized spacial score (nSPS) is 27.7. The van der Waals surface area contributed by atoms with Gasteiger partial charge in [-0.25, -0.2) is 8.78 Å². The number of carbonyl (C=O) groups excluding carboxylic acids is 2. The minimum absolute atomic E-state index is 0. The molecule has 1 aliphatic rings. The minimum atomic E-state index is -3.03. The molecule has 0 radical (unpaired) electrons. The van der Waals surface area contributed by atoms with E-state index in [1.807, 2.05) is 0 Å². The molecule has 1 fully saturated rings. The van der Waals surface area contributed by atoms with Gasteiger partial charge in [0, 0.05) is 13.3 Å². The van der Waals surface area contributed by atoms with Crippen LogP contribution in [0.4, 0.5) is 8.78 Å². The summed E-state index contributed by atoms with van der Waals surface area (Å²) in [6.45, 7) is 0.117. The van der Waals surface area contributed by atoms with Gasteiger partial charge in [-0.3, -0.25) is 4.79 Å². The molecular weight excluding hydrogens is 435 g/mol. The molecule has 0 aromatic heterocycles. The van der Waals surface area contributed by atoms with E-state index in [0.29, 0.717) is 0 Å². The molecule has 1 heterocycles. The predicted octanol–water partition coefficient (Wildman–Crippen LogP) is -5.18. The van der Waals surface area contributed by atoms with Crippen LogP contribution in [0.2, 0.25) is 0 Å². The molecule has 13 heteroatoms. The Bertz CT molecular complexity index is 771. The number of aliphatic hydroxyl groups excluding tert-OH is 4. The van der Waals surface area contributed by atoms with Gasteiger partial charge in [-0.1, -0.05) is 12.1 Å². The van der Waals surface area contributed by atoms with E-state index in [1.165, 1.54) is 12.1 Å². The second-order valence-corrected chi connectivity index (χ2v) is 6.80. The minimum Gasteiger partial charge on any atom is -0.543 e. The number of para-hydroxylation sites is 1. The molecule has 6 atom stereocenters. The summed E-state index contributed by atoms with van der Waals surface area (Å²) in [5.41, 5.74) is -0.660. The molecule has 5 N–H and O–H groups in total. The van der Waals surface area contributed by atoms with Crippen molar-refractivity contribution in [3.63, 3.8) is 0 Å². The number of aliphatic hydroxyl groups is 4. The van der Waals surface area contributed by atoms with Gasteiger partial charge >= 0.3 is 29.6 Å². The van der Waals surface area contributed by atoms with Gasteiger partial charge in [0.05, 0.1) is 24.3 Å². The van der Waals surface area contributed by atoms with Crippen molar-refractivity contribution in [3.8, 4) is 5.75 Å². The topological polar surface area (TPSA) is 169 Å². The molecule has 0 spiro atoms. The Balaban J connectivity index is 0.00000480. The number of carboxylic acid groups (broad SMARTS) is 1. The van der Waals surface area contributed by atoms with Crippen molar-refractivity contribution in [1.29, 1.82) is 0 Å². The van der Waals surface area contributed by atoms with Gasteiger partial charge < -0.3 is 45.1 Å². The first-order valence-electron chi connectivity index (χ1n) is 8.90. The smallest absolute Gasteiger partial charge is 0.543 e. The third-order valence-corrected chi connectivity index (χ3v) is 4.60. The largest absolute Gasteiger partial charge is 1.00 e. The van der Waals surface area contributed by atoms with E-state index in [0.717, 1.165) is 19.1 Å². The van der Waals surface area contributed by atoms with Crippen LogP contribution in [-0.4, -0.2) is 75.2 Å². The fourth-order valence-electron chi connectivity index (χ4n) is 3.15. The van der Waals surface area contributed by atoms with E-state index < -0.39 is 78.9 Å². The van der Waals surface area contributed by atoms with Crippen LogP contribution >= 0.6 is 0 Å². The van der Waals surface area contributed by atoms with E-state index in [1.54, 1.807) is 0 Å². The van der Waals surface area contributed by atoms with E-state index in [-0.39, 0.29) is 29.6 Å². The Labute approximate surface area is 198 Å². The maximum atomic E-state index is 13.3. The zero-order valence-corrected chi connectivity index (χ0v) is 18.8. The molecular formula is C18H22F2NNaO9. The molecule has 1 aliphatic heterocycles. The molecule has 168 valence electrons. The van der Waals surface area contributed by atoms with Gasteiger partial charge in [0.2, 0.25) is 5.91 Å². The molecule has 4 unspecified atom stereocenters. The number of nitrogens with one attached hydrogen (secondary N) is 1. The molecule has 1 aromatic carbocycles. The molecule has 0 bridgehead atoms. The van der Waals surface area contributed by atoms with Crippen LogP contribution in [-0.2, 0) is 14.3 Å². The molecule has 31 heavy (non-hydrogen) atoms. The van der Waals surface area contributed by atoms with Crippen molar-refractivity contribution in [2.24, 2.45) is 0 Å². The van der Waals surface area contributed by atoms with E-state index in [4.69, 9.17) is 14.6 Å². The number of halogens is 2. The van der Waals surface area contributed by atoms with E-state index >= 15 is 0 Å². The van der Waals surface area contributed by atoms with Gasteiger partial charge in [-0.05, 0) is 12.1 Å². The van der Waals surface area contributed by atoms with Crippen molar-refractivity contribution >= 4 is 11.9 Å². The Hall–Kier alpha value is -1.38. The maximum absolute atomic E-state index is 13.3. The van der Waals surface area contributed by atoms with Crippen molar-refractivity contribution in [1.82, 2.24) is 5.32 Å². The fourth-order valence-corrected chi connectivity index (χ4v) is 3.15. The first-order valence-corrected chi connectivity index (χ1v) is 8.90. The Morgan fingerprint density at radius 2 is 1.97 bits per heavy atom. The third-order valence-electron chi connectivity index (χ3n) is 4.60. The number of amides is 1. The van der Waals surface area contributed by atoms with Crippen LogP contribution < -0.4 is 44.7 Å². The monoisotopic (exact) mass is 457 g/mol. The molecule has 1 amide bonds. The number of hydrogen-bond donors (Lipinski definition) is 5. The SMILES string of the molecule is CC(=O)NC1C(O)CC(Oc2ccccc2C(F)F)(C(=O)[O-])OC1[C@H](O)[C@H](O)CO.[Na+]. The average Bonchev–Trinajstić information content (AvgIpc) is 2.68. The van der Waals surface area contributed by atoms with Gasteiger partial charge in [0.25, 0.3) is 12.2 Å². The van der Waals surface area contributed by atoms with Crippen LogP contribution in [0.25, 0.3) is 0 Å². The van der Waals surface area contributed by atoms with Crippen LogP contribution in [0.15, 0.2) is 24.3 Å². The van der Waals surface area contributed by atoms with Crippen LogP contribution in [0.3, 0.4) is 0 Å². The summed E-state index contributed by atoms with van der Waals surface area (Å²) >= 11 is 0. The second kappa shape index (κ2) is 11.5.